The summed E-state index contributed by atoms with van der Waals surface area (Å²) in [4.78, 5) is 25.0. The molecule has 1 N–H and O–H groups in total. The molecule has 2 aromatic carbocycles. The van der Waals surface area contributed by atoms with E-state index in [9.17, 15) is 36.6 Å². The van der Waals surface area contributed by atoms with Crippen LogP contribution in [-0.2, 0) is 16.0 Å². The van der Waals surface area contributed by atoms with E-state index in [-0.39, 0.29) is 52.0 Å². The molecule has 1 atom stereocenters. The highest BCUT2D eigenvalue weighted by molar-refractivity contribution is 5.72. The van der Waals surface area contributed by atoms with Crippen LogP contribution in [0.2, 0.25) is 0 Å². The lowest BCUT2D eigenvalue weighted by Gasteiger charge is -2.22. The highest BCUT2D eigenvalue weighted by Crippen LogP contribution is 2.23. The van der Waals surface area contributed by atoms with E-state index in [2.05, 4.69) is 0 Å². The van der Waals surface area contributed by atoms with Crippen molar-refractivity contribution in [1.82, 2.24) is 4.90 Å². The van der Waals surface area contributed by atoms with Crippen molar-refractivity contribution < 1.29 is 50.9 Å². The first-order valence-electron chi connectivity index (χ1n) is 12.0. The van der Waals surface area contributed by atoms with Gasteiger partial charge in [0, 0.05) is 32.1 Å². The second kappa shape index (κ2) is 15.1. The Morgan fingerprint density at radius 3 is 2.32 bits per heavy atom. The van der Waals surface area contributed by atoms with Gasteiger partial charge < -0.3 is 24.2 Å². The van der Waals surface area contributed by atoms with Crippen molar-refractivity contribution in [2.45, 2.75) is 51.3 Å². The van der Waals surface area contributed by atoms with E-state index in [1.54, 1.807) is 31.2 Å². The minimum Gasteiger partial charge on any atom is -0.492 e. The number of halogens is 5. The molecular weight excluding hydrogens is 517 g/mol. The van der Waals surface area contributed by atoms with Crippen molar-refractivity contribution in [3.05, 3.63) is 59.7 Å². The molecule has 0 aliphatic rings. The molecule has 0 radical (unpaired) electrons. The quantitative estimate of drug-likeness (QED) is 0.218. The Hall–Kier alpha value is -3.41. The number of alkyl halides is 3. The van der Waals surface area contributed by atoms with Crippen molar-refractivity contribution in [1.29, 1.82) is 0 Å². The number of hydrogen-bond acceptors (Lipinski definition) is 5. The molecule has 38 heavy (non-hydrogen) atoms. The van der Waals surface area contributed by atoms with Crippen LogP contribution >= 0.6 is 0 Å². The number of carbonyl (C=O) groups excluding carboxylic acids is 1. The molecule has 0 fully saturated rings. The van der Waals surface area contributed by atoms with Crippen LogP contribution in [0.15, 0.2) is 42.5 Å². The lowest BCUT2D eigenvalue weighted by molar-refractivity contribution is -0.150. The van der Waals surface area contributed by atoms with Gasteiger partial charge in [-0.25, -0.2) is 18.4 Å². The van der Waals surface area contributed by atoms with Crippen molar-refractivity contribution in [2.24, 2.45) is 0 Å². The minimum absolute atomic E-state index is 0.0143. The van der Waals surface area contributed by atoms with E-state index in [1.807, 2.05) is 0 Å². The van der Waals surface area contributed by atoms with Gasteiger partial charge in [0.15, 0.2) is 17.7 Å². The maximum atomic E-state index is 13.9. The van der Waals surface area contributed by atoms with Crippen LogP contribution in [0.25, 0.3) is 0 Å². The lowest BCUT2D eigenvalue weighted by Crippen LogP contribution is -2.37. The maximum absolute atomic E-state index is 13.9. The molecule has 12 heteroatoms. The van der Waals surface area contributed by atoms with Crippen molar-refractivity contribution >= 4 is 12.1 Å². The molecule has 1 amide bonds. The zero-order chi connectivity index (χ0) is 28.1. The normalized spacial score (nSPS) is 12.2. The number of nitrogens with zero attached hydrogens (tertiary/aromatic N) is 1. The number of ether oxygens (including phenoxy) is 3. The van der Waals surface area contributed by atoms with Gasteiger partial charge in [0.05, 0.1) is 6.54 Å². The van der Waals surface area contributed by atoms with Gasteiger partial charge in [-0.1, -0.05) is 18.6 Å². The fourth-order valence-electron chi connectivity index (χ4n) is 3.44. The fraction of sp³-hybridized carbons (Fsp3) is 0.462. The Morgan fingerprint density at radius 1 is 1.00 bits per heavy atom. The van der Waals surface area contributed by atoms with E-state index < -0.39 is 48.1 Å². The summed E-state index contributed by atoms with van der Waals surface area (Å²) in [5.74, 6) is -3.05. The van der Waals surface area contributed by atoms with Gasteiger partial charge in [0.1, 0.15) is 18.2 Å². The van der Waals surface area contributed by atoms with Gasteiger partial charge >= 0.3 is 18.2 Å². The van der Waals surface area contributed by atoms with Gasteiger partial charge in [0.2, 0.25) is 0 Å². The maximum Gasteiger partial charge on any atom is 0.415 e. The zero-order valence-electron chi connectivity index (χ0n) is 20.8. The average Bonchev–Trinajstić information content (AvgIpc) is 2.84. The number of unbranched alkanes of at least 4 members (excludes halogenated alkanes) is 2. The summed E-state index contributed by atoms with van der Waals surface area (Å²) in [6.07, 6.45) is -6.62. The molecular formula is C26H30F5NO6. The number of carbonyl (C=O) groups is 2. The summed E-state index contributed by atoms with van der Waals surface area (Å²) >= 11 is 0. The number of aliphatic carboxylic acids is 1. The van der Waals surface area contributed by atoms with Gasteiger partial charge in [-0.2, -0.15) is 13.2 Å². The number of hydrogen-bond donors (Lipinski definition) is 1. The van der Waals surface area contributed by atoms with Crippen molar-refractivity contribution in [3.63, 3.8) is 0 Å². The highest BCUT2D eigenvalue weighted by atomic mass is 19.4. The van der Waals surface area contributed by atoms with Crippen LogP contribution in [0.5, 0.6) is 11.5 Å². The van der Waals surface area contributed by atoms with Crippen LogP contribution in [-0.4, -0.2) is 60.7 Å². The third kappa shape index (κ3) is 11.3. The molecule has 0 spiro atoms. The molecule has 0 bridgehead atoms. The van der Waals surface area contributed by atoms with E-state index in [4.69, 9.17) is 14.2 Å². The molecule has 0 aliphatic heterocycles. The molecule has 2 rings (SSSR count). The Balaban J connectivity index is 1.94. The number of amides is 1. The van der Waals surface area contributed by atoms with Crippen LogP contribution in [0.4, 0.5) is 26.7 Å². The van der Waals surface area contributed by atoms with Gasteiger partial charge in [-0.15, -0.1) is 0 Å². The monoisotopic (exact) mass is 547 g/mol. The highest BCUT2D eigenvalue weighted by Gasteiger charge is 2.26. The fourth-order valence-corrected chi connectivity index (χ4v) is 3.44. The van der Waals surface area contributed by atoms with Crippen LogP contribution in [0, 0.1) is 11.6 Å². The summed E-state index contributed by atoms with van der Waals surface area (Å²) < 4.78 is 80.0. The average molecular weight is 548 g/mol. The molecule has 7 nitrogen and oxygen atoms in total. The largest absolute Gasteiger partial charge is 0.492 e. The summed E-state index contributed by atoms with van der Waals surface area (Å²) in [7, 11) is 0. The Labute approximate surface area is 217 Å². The molecule has 0 heterocycles. The molecule has 210 valence electrons. The Bertz CT molecular complexity index is 1030. The minimum atomic E-state index is -4.26. The first-order valence-corrected chi connectivity index (χ1v) is 12.0. The predicted octanol–water partition coefficient (Wildman–Crippen LogP) is 6.00. The Kier molecular flexibility index (Phi) is 12.3. The summed E-state index contributed by atoms with van der Waals surface area (Å²) in [6.45, 7) is 1.96. The summed E-state index contributed by atoms with van der Waals surface area (Å²) in [5, 5.41) is 9.20. The third-order valence-electron chi connectivity index (χ3n) is 5.36. The van der Waals surface area contributed by atoms with E-state index in [0.29, 0.717) is 17.4 Å². The SMILES string of the molecule is CCOC(Cc1ccc(OCCN(CCCCCC(F)(F)F)C(=O)Oc2ccc(F)cc2F)cc1)C(=O)O. The number of carboxylic acids is 1. The van der Waals surface area contributed by atoms with E-state index in [1.165, 1.54) is 4.90 Å². The van der Waals surface area contributed by atoms with Gasteiger partial charge in [-0.05, 0) is 49.6 Å². The molecule has 0 saturated heterocycles. The third-order valence-corrected chi connectivity index (χ3v) is 5.36. The Morgan fingerprint density at radius 2 is 1.71 bits per heavy atom. The van der Waals surface area contributed by atoms with Gasteiger partial charge in [-0.3, -0.25) is 0 Å². The number of rotatable bonds is 15. The standard InChI is InChI=1S/C26H30F5NO6/c1-2-36-23(24(33)34)16-18-6-9-20(10-7-18)37-15-14-32(13-5-3-4-12-26(29,30)31)25(35)38-22-11-8-19(27)17-21(22)28/h6-11,17,23H,2-5,12-16H2,1H3,(H,33,34). The van der Waals surface area contributed by atoms with Crippen molar-refractivity contribution in [2.75, 3.05) is 26.3 Å². The summed E-state index contributed by atoms with van der Waals surface area (Å²) in [6, 6.07) is 9.03. The predicted molar refractivity (Wildman–Crippen MR) is 127 cm³/mol. The second-order valence-corrected chi connectivity index (χ2v) is 8.33. The van der Waals surface area contributed by atoms with E-state index in [0.717, 1.165) is 12.1 Å². The van der Waals surface area contributed by atoms with Crippen LogP contribution < -0.4 is 9.47 Å². The molecule has 0 aliphatic carbocycles. The first-order chi connectivity index (χ1) is 18.0. The number of benzene rings is 2. The van der Waals surface area contributed by atoms with Gasteiger partial charge in [0.25, 0.3) is 0 Å². The zero-order valence-corrected chi connectivity index (χ0v) is 20.8. The van der Waals surface area contributed by atoms with Crippen LogP contribution in [0.3, 0.4) is 0 Å². The molecule has 0 aromatic heterocycles. The van der Waals surface area contributed by atoms with E-state index >= 15 is 0 Å². The van der Waals surface area contributed by atoms with Crippen LogP contribution in [0.1, 0.15) is 38.2 Å². The first kappa shape index (κ1) is 30.8. The molecule has 1 unspecified atom stereocenters. The topological polar surface area (TPSA) is 85.3 Å². The molecule has 2 aromatic rings. The van der Waals surface area contributed by atoms with Crippen molar-refractivity contribution in [3.8, 4) is 11.5 Å². The smallest absolute Gasteiger partial charge is 0.415 e. The second-order valence-electron chi connectivity index (χ2n) is 8.33. The molecule has 0 saturated carbocycles. The number of carboxylic acid groups (broad SMARTS) is 1. The lowest BCUT2D eigenvalue weighted by atomic mass is 10.1. The summed E-state index contributed by atoms with van der Waals surface area (Å²) in [5.41, 5.74) is 0.712.